The number of nitrogens with two attached hydrogens (primary N) is 1. The van der Waals surface area contributed by atoms with Crippen LogP contribution >= 0.6 is 11.3 Å². The second-order valence-corrected chi connectivity index (χ2v) is 4.49. The van der Waals surface area contributed by atoms with Gasteiger partial charge in [-0.3, -0.25) is 0 Å². The minimum absolute atomic E-state index is 0.0888. The summed E-state index contributed by atoms with van der Waals surface area (Å²) in [5, 5.41) is 9.14. The fraction of sp³-hybridized carbons (Fsp3) is 0. The predicted octanol–water partition coefficient (Wildman–Crippen LogP) is 2.73. The molecule has 1 heterocycles. The van der Waals surface area contributed by atoms with Gasteiger partial charge in [0.05, 0.1) is 5.69 Å². The number of anilines is 1. The predicted molar refractivity (Wildman–Crippen MR) is 68.8 cm³/mol. The van der Waals surface area contributed by atoms with Crippen LogP contribution in [-0.4, -0.2) is 16.1 Å². The number of carboxylic acid groups (broad SMARTS) is 1. The van der Waals surface area contributed by atoms with E-state index in [9.17, 15) is 9.18 Å². The molecule has 6 heteroatoms. The van der Waals surface area contributed by atoms with Crippen molar-refractivity contribution >= 4 is 34.6 Å². The fourth-order valence-corrected chi connectivity index (χ4v) is 2.02. The number of benzene rings is 1. The van der Waals surface area contributed by atoms with E-state index in [1.54, 1.807) is 24.3 Å². The Hall–Kier alpha value is -2.21. The number of thiazole rings is 1. The van der Waals surface area contributed by atoms with Crippen LogP contribution in [0, 0.1) is 5.82 Å². The summed E-state index contributed by atoms with van der Waals surface area (Å²) in [6.45, 7) is 0. The first-order valence-electron chi connectivity index (χ1n) is 4.99. The average Bonchev–Trinajstić information content (AvgIpc) is 2.70. The van der Waals surface area contributed by atoms with Crippen molar-refractivity contribution in [3.05, 3.63) is 46.2 Å². The van der Waals surface area contributed by atoms with Gasteiger partial charge in [0.15, 0.2) is 5.13 Å². The van der Waals surface area contributed by atoms with E-state index >= 15 is 0 Å². The Labute approximate surface area is 106 Å². The van der Waals surface area contributed by atoms with Gasteiger partial charge in [0.25, 0.3) is 0 Å². The highest BCUT2D eigenvalue weighted by Gasteiger charge is 2.13. The summed E-state index contributed by atoms with van der Waals surface area (Å²) in [4.78, 5) is 14.9. The molecular formula is C12H9FN2O2S. The highest BCUT2D eigenvalue weighted by Crippen LogP contribution is 2.22. The third kappa shape index (κ3) is 2.72. The minimum atomic E-state index is -1.07. The number of nitrogens with zero attached hydrogens (tertiary/aromatic N) is 1. The summed E-state index contributed by atoms with van der Waals surface area (Å²) in [5.41, 5.74) is 6.52. The molecule has 0 unspecified atom stereocenters. The number of carboxylic acids is 1. The number of aromatic nitrogens is 1. The van der Waals surface area contributed by atoms with E-state index in [4.69, 9.17) is 10.8 Å². The van der Waals surface area contributed by atoms with Gasteiger partial charge >= 0.3 is 5.97 Å². The molecule has 0 saturated carbocycles. The molecule has 18 heavy (non-hydrogen) atoms. The zero-order chi connectivity index (χ0) is 13.1. The van der Waals surface area contributed by atoms with E-state index in [0.29, 0.717) is 5.69 Å². The summed E-state index contributed by atoms with van der Waals surface area (Å²) >= 11 is 0.916. The Kier molecular flexibility index (Phi) is 3.38. The lowest BCUT2D eigenvalue weighted by molar-refractivity contribution is 0.0701. The summed E-state index contributed by atoms with van der Waals surface area (Å²) in [6.07, 6.45) is 3.20. The fourth-order valence-electron chi connectivity index (χ4n) is 1.36. The molecule has 2 rings (SSSR count). The van der Waals surface area contributed by atoms with Crippen molar-refractivity contribution in [3.8, 4) is 0 Å². The van der Waals surface area contributed by atoms with Gasteiger partial charge < -0.3 is 10.8 Å². The van der Waals surface area contributed by atoms with Crippen LogP contribution in [-0.2, 0) is 0 Å². The van der Waals surface area contributed by atoms with Crippen molar-refractivity contribution in [3.63, 3.8) is 0 Å². The highest BCUT2D eigenvalue weighted by molar-refractivity contribution is 7.17. The number of hydrogen-bond donors (Lipinski definition) is 2. The summed E-state index contributed by atoms with van der Waals surface area (Å²) < 4.78 is 12.7. The smallest absolute Gasteiger partial charge is 0.348 e. The zero-order valence-electron chi connectivity index (χ0n) is 9.13. The topological polar surface area (TPSA) is 76.2 Å². The van der Waals surface area contributed by atoms with Gasteiger partial charge in [0.2, 0.25) is 0 Å². The van der Waals surface area contributed by atoms with Crippen molar-refractivity contribution in [2.45, 2.75) is 0 Å². The van der Waals surface area contributed by atoms with Crippen LogP contribution in [0.15, 0.2) is 24.3 Å². The van der Waals surface area contributed by atoms with Gasteiger partial charge in [-0.05, 0) is 23.8 Å². The molecule has 0 aliphatic carbocycles. The van der Waals surface area contributed by atoms with Crippen LogP contribution in [0.1, 0.15) is 20.9 Å². The Morgan fingerprint density at radius 3 is 2.61 bits per heavy atom. The van der Waals surface area contributed by atoms with Crippen LogP contribution in [0.5, 0.6) is 0 Å². The quantitative estimate of drug-likeness (QED) is 0.893. The number of nitrogen functional groups attached to an aromatic ring is 1. The van der Waals surface area contributed by atoms with Gasteiger partial charge in [0, 0.05) is 0 Å². The molecule has 0 spiro atoms. The molecule has 1 aromatic carbocycles. The average molecular weight is 264 g/mol. The van der Waals surface area contributed by atoms with Gasteiger partial charge in [0.1, 0.15) is 10.7 Å². The largest absolute Gasteiger partial charge is 0.477 e. The van der Waals surface area contributed by atoms with Gasteiger partial charge in [-0.1, -0.05) is 29.5 Å². The molecule has 92 valence electrons. The van der Waals surface area contributed by atoms with Gasteiger partial charge in [-0.2, -0.15) is 0 Å². The molecule has 0 radical (unpaired) electrons. The highest BCUT2D eigenvalue weighted by atomic mass is 32.1. The Bertz CT molecular complexity index is 605. The summed E-state index contributed by atoms with van der Waals surface area (Å²) in [6, 6.07) is 5.82. The molecule has 0 aliphatic heterocycles. The first-order chi connectivity index (χ1) is 8.56. The molecule has 0 atom stereocenters. The molecule has 0 saturated heterocycles. The molecule has 0 amide bonds. The zero-order valence-corrected chi connectivity index (χ0v) is 9.95. The molecule has 0 aliphatic rings. The number of aromatic carboxylic acids is 1. The number of halogens is 1. The van der Waals surface area contributed by atoms with Crippen LogP contribution in [0.3, 0.4) is 0 Å². The number of hydrogen-bond acceptors (Lipinski definition) is 4. The van der Waals surface area contributed by atoms with Crippen LogP contribution in [0.2, 0.25) is 0 Å². The first-order valence-corrected chi connectivity index (χ1v) is 5.81. The van der Waals surface area contributed by atoms with E-state index < -0.39 is 5.97 Å². The number of carbonyl (C=O) groups is 1. The van der Waals surface area contributed by atoms with Gasteiger partial charge in [-0.15, -0.1) is 0 Å². The lowest BCUT2D eigenvalue weighted by atomic mass is 10.2. The third-order valence-corrected chi connectivity index (χ3v) is 3.06. The molecule has 0 fully saturated rings. The van der Waals surface area contributed by atoms with Crippen LogP contribution < -0.4 is 5.73 Å². The molecule has 2 aromatic rings. The standard InChI is InChI=1S/C12H9FN2O2S/c13-8-4-1-7(2-5-8)3-6-9-10(11(16)17)18-12(14)15-9/h1-6H,(H2,14,15)(H,16,17)/b6-3+. The third-order valence-electron chi connectivity index (χ3n) is 2.17. The SMILES string of the molecule is Nc1nc(/C=C/c2ccc(F)cc2)c(C(=O)O)s1. The Morgan fingerprint density at radius 2 is 2.00 bits per heavy atom. The van der Waals surface area contributed by atoms with Crippen molar-refractivity contribution in [1.29, 1.82) is 0 Å². The number of rotatable bonds is 3. The molecule has 4 nitrogen and oxygen atoms in total. The van der Waals surface area contributed by atoms with E-state index in [-0.39, 0.29) is 15.8 Å². The summed E-state index contributed by atoms with van der Waals surface area (Å²) in [5.74, 6) is -1.39. The van der Waals surface area contributed by atoms with Crippen LogP contribution in [0.25, 0.3) is 12.2 Å². The normalized spacial score (nSPS) is 10.9. The van der Waals surface area contributed by atoms with E-state index in [0.717, 1.165) is 16.9 Å². The molecule has 0 bridgehead atoms. The maximum atomic E-state index is 12.7. The van der Waals surface area contributed by atoms with Crippen molar-refractivity contribution in [1.82, 2.24) is 4.98 Å². The Balaban J connectivity index is 2.28. The van der Waals surface area contributed by atoms with Gasteiger partial charge in [-0.25, -0.2) is 14.2 Å². The van der Waals surface area contributed by atoms with E-state index in [2.05, 4.69) is 4.98 Å². The van der Waals surface area contributed by atoms with Crippen LogP contribution in [0.4, 0.5) is 9.52 Å². The monoisotopic (exact) mass is 264 g/mol. The van der Waals surface area contributed by atoms with Crippen molar-refractivity contribution < 1.29 is 14.3 Å². The maximum absolute atomic E-state index is 12.7. The minimum Gasteiger partial charge on any atom is -0.477 e. The lowest BCUT2D eigenvalue weighted by Crippen LogP contribution is -1.94. The Morgan fingerprint density at radius 1 is 1.33 bits per heavy atom. The second-order valence-electron chi connectivity index (χ2n) is 3.46. The van der Waals surface area contributed by atoms with E-state index in [1.807, 2.05) is 0 Å². The first kappa shape index (κ1) is 12.3. The maximum Gasteiger partial charge on any atom is 0.348 e. The molecule has 1 aromatic heterocycles. The summed E-state index contributed by atoms with van der Waals surface area (Å²) in [7, 11) is 0. The van der Waals surface area contributed by atoms with Crippen molar-refractivity contribution in [2.75, 3.05) is 5.73 Å². The van der Waals surface area contributed by atoms with Crippen molar-refractivity contribution in [2.24, 2.45) is 0 Å². The second kappa shape index (κ2) is 4.97. The lowest BCUT2D eigenvalue weighted by Gasteiger charge is -1.93. The van der Waals surface area contributed by atoms with E-state index in [1.165, 1.54) is 12.1 Å². The molecular weight excluding hydrogens is 255 g/mol. The molecule has 3 N–H and O–H groups in total.